The lowest BCUT2D eigenvalue weighted by atomic mass is 10.1. The minimum atomic E-state index is -4.17. The highest BCUT2D eigenvalue weighted by molar-refractivity contribution is 7.99. The van der Waals surface area contributed by atoms with Crippen LogP contribution in [0.15, 0.2) is 23.3 Å². The Morgan fingerprint density at radius 1 is 1.36 bits per heavy atom. The van der Waals surface area contributed by atoms with Crippen molar-refractivity contribution in [3.8, 4) is 0 Å². The van der Waals surface area contributed by atoms with E-state index in [4.69, 9.17) is 25.3 Å². The number of aliphatic hydroxyl groups is 3. The summed E-state index contributed by atoms with van der Waals surface area (Å²) < 4.78 is 146. The average Bonchev–Trinajstić information content (AvgIpc) is 3.28. The van der Waals surface area contributed by atoms with Crippen molar-refractivity contribution in [2.45, 2.75) is 74.3 Å². The molecule has 36 heavy (non-hydrogen) atoms. The summed E-state index contributed by atoms with van der Waals surface area (Å²) in [5.41, 5.74) is -4.20. The summed E-state index contributed by atoms with van der Waals surface area (Å²) in [7, 11) is 0. The molecule has 12 heteroatoms. The first-order valence-electron chi connectivity index (χ1n) is 18.1. The summed E-state index contributed by atoms with van der Waals surface area (Å²) in [4.78, 5) is 8.15. The molecule has 3 aromatic rings. The van der Waals surface area contributed by atoms with E-state index in [0.29, 0.717) is 11.8 Å². The van der Waals surface area contributed by atoms with Crippen LogP contribution in [0.1, 0.15) is 69.7 Å². The number of benzene rings is 1. The maximum absolute atomic E-state index is 14.7. The summed E-state index contributed by atoms with van der Waals surface area (Å²) in [5.74, 6) is -4.47. The Labute approximate surface area is 233 Å². The number of halogens is 1. The van der Waals surface area contributed by atoms with Crippen LogP contribution in [-0.2, 0) is 4.74 Å². The Bertz CT molecular complexity index is 1920. The van der Waals surface area contributed by atoms with Gasteiger partial charge in [0.05, 0.1) is 36.2 Å². The van der Waals surface area contributed by atoms with Crippen LogP contribution < -0.4 is 5.32 Å². The molecule has 5 rings (SSSR count). The number of aromatic nitrogens is 5. The first-order chi connectivity index (χ1) is 22.9. The lowest BCUT2D eigenvalue weighted by molar-refractivity contribution is -0.0629. The van der Waals surface area contributed by atoms with Crippen molar-refractivity contribution in [3.63, 3.8) is 0 Å². The minimum Gasteiger partial charge on any atom is -0.394 e. The van der Waals surface area contributed by atoms with E-state index in [1.165, 1.54) is 19.9 Å². The quantitative estimate of drug-likeness (QED) is 0.227. The monoisotopic (exact) mass is 533 g/mol. The molecule has 0 aliphatic heterocycles. The van der Waals surface area contributed by atoms with Crippen molar-refractivity contribution in [2.24, 2.45) is 0 Å². The summed E-state index contributed by atoms with van der Waals surface area (Å²) in [6, 6.07) is -5.25. The van der Waals surface area contributed by atoms with Crippen LogP contribution in [0.2, 0.25) is 0 Å². The third-order valence-corrected chi connectivity index (χ3v) is 5.82. The summed E-state index contributed by atoms with van der Waals surface area (Å²) in [6.45, 7) is -2.09. The molecule has 10 nitrogen and oxygen atoms in total. The molecule has 0 radical (unpaired) electrons. The number of hydrogen-bond donors (Lipinski definition) is 4. The molecule has 4 N–H and O–H groups in total. The third kappa shape index (κ3) is 4.92. The molecule has 6 atom stereocenters. The smallest absolute Gasteiger partial charge is 0.191 e. The van der Waals surface area contributed by atoms with E-state index in [9.17, 15) is 19.7 Å². The Morgan fingerprint density at radius 2 is 2.19 bits per heavy atom. The molecular weight excluding hydrogens is 487 g/mol. The number of ether oxygens (including phenoxy) is 1. The van der Waals surface area contributed by atoms with Crippen molar-refractivity contribution in [3.05, 3.63) is 35.1 Å². The Hall–Kier alpha value is -2.38. The van der Waals surface area contributed by atoms with Crippen molar-refractivity contribution in [1.82, 2.24) is 25.0 Å². The SMILES string of the molecule is [2H]c1c([C@]2([2H])C([2H])([2H])[C@@]2([2H])Nc2nc(SC([2H])([2H])CC)nc3c2nnn3[C@]2([2H])C([2H])([2H])[C@]([2H])(OCC([2H])([2H])O)[C@@]([2H])(O)[C@@]2([2H])O)ccc(C)c1F. The Morgan fingerprint density at radius 3 is 2.97 bits per heavy atom. The normalized spacial score (nSPS) is 49.6. The molecule has 0 unspecified atom stereocenters. The van der Waals surface area contributed by atoms with Crippen LogP contribution >= 0.6 is 11.8 Å². The molecule has 0 saturated heterocycles. The van der Waals surface area contributed by atoms with Crippen molar-refractivity contribution in [2.75, 3.05) is 24.2 Å². The molecule has 194 valence electrons. The number of thioether (sulfide) groups is 1. The highest BCUT2D eigenvalue weighted by atomic mass is 32.2. The molecule has 2 fully saturated rings. The average molecular weight is 534 g/mol. The number of fused-ring (bicyclic) bond motifs is 1. The second-order valence-electron chi connectivity index (χ2n) is 7.44. The minimum absolute atomic E-state index is 0.0142. The fraction of sp³-hybridized carbons (Fsp3) is 0.583. The second-order valence-corrected chi connectivity index (χ2v) is 8.30. The van der Waals surface area contributed by atoms with E-state index in [1.54, 1.807) is 0 Å². The van der Waals surface area contributed by atoms with Gasteiger partial charge in [-0.1, -0.05) is 36.0 Å². The van der Waals surface area contributed by atoms with E-state index in [1.807, 2.05) is 0 Å². The zero-order chi connectivity index (χ0) is 39.0. The van der Waals surface area contributed by atoms with Gasteiger partial charge in [-0.15, -0.1) is 5.10 Å². The number of rotatable bonds is 10. The topological polar surface area (TPSA) is 138 Å². The van der Waals surface area contributed by atoms with Gasteiger partial charge >= 0.3 is 0 Å². The van der Waals surface area contributed by atoms with Gasteiger partial charge in [0.15, 0.2) is 22.1 Å². The van der Waals surface area contributed by atoms with Gasteiger partial charge in [0.25, 0.3) is 0 Å². The lowest BCUT2D eigenvalue weighted by Gasteiger charge is -2.17. The van der Waals surface area contributed by atoms with E-state index in [0.717, 1.165) is 6.07 Å². The van der Waals surface area contributed by atoms with E-state index in [-0.39, 0.29) is 16.7 Å². The molecule has 2 saturated carbocycles. The zero-order valence-electron chi connectivity index (χ0n) is 33.8. The lowest BCUT2D eigenvalue weighted by Crippen LogP contribution is -2.33. The van der Waals surface area contributed by atoms with Crippen LogP contribution in [0.3, 0.4) is 0 Å². The van der Waals surface area contributed by atoms with Gasteiger partial charge in [-0.05, 0) is 36.9 Å². The number of nitrogens with one attached hydrogen (secondary N) is 1. The Kier molecular flexibility index (Phi) is 3.78. The fourth-order valence-corrected chi connectivity index (χ4v) is 3.76. The summed E-state index contributed by atoms with van der Waals surface area (Å²) in [5, 5.41) is 40.8. The predicted molar refractivity (Wildman–Crippen MR) is 133 cm³/mol. The van der Waals surface area contributed by atoms with Crippen LogP contribution in [0, 0.1) is 12.7 Å². The molecule has 0 bridgehead atoms. The maximum Gasteiger partial charge on any atom is 0.191 e. The molecule has 2 heterocycles. The molecule has 2 aliphatic carbocycles. The van der Waals surface area contributed by atoms with Crippen LogP contribution in [0.5, 0.6) is 0 Å². The second kappa shape index (κ2) is 10.5. The number of anilines is 1. The number of aryl methyl sites for hydroxylation is 1. The van der Waals surface area contributed by atoms with Gasteiger partial charge < -0.3 is 25.4 Å². The Balaban J connectivity index is 1.74. The van der Waals surface area contributed by atoms with Gasteiger partial charge in [-0.2, -0.15) is 0 Å². The third-order valence-electron chi connectivity index (χ3n) is 5.02. The first-order valence-corrected chi connectivity index (χ1v) is 11.4. The van der Waals surface area contributed by atoms with Crippen LogP contribution in [0.25, 0.3) is 11.2 Å². The van der Waals surface area contributed by atoms with Gasteiger partial charge in [-0.3, -0.25) is 0 Å². The van der Waals surface area contributed by atoms with E-state index in [2.05, 4.69) is 25.6 Å². The standard InChI is InChI=1S/C24H31FN6O4S/c1-3-8-36-24-27-22(26-16-10-14(16)13-5-4-12(2)15(25)9-13)19-23(28-24)31(30-29-19)17-11-18(35-7-6-32)21(34)20(17)33/h4-5,9,14,16-18,20-21,32-34H,3,6-8,10-11H2,1-2H3,(H,26,27,28)/t14-,16+,17+,18-,20-,21+/m0/s1/i6D2,8D2,9D,10D2,11D2,14D,16D,17D,18D,20D,21D. The highest BCUT2D eigenvalue weighted by Gasteiger charge is 2.45. The van der Waals surface area contributed by atoms with Crippen molar-refractivity contribution < 1.29 is 45.0 Å². The van der Waals surface area contributed by atoms with E-state index >= 15 is 0 Å². The summed E-state index contributed by atoms with van der Waals surface area (Å²) in [6.07, 6.45) is -19.3. The van der Waals surface area contributed by atoms with Gasteiger partial charge in [0.2, 0.25) is 0 Å². The molecule has 2 aliphatic rings. The van der Waals surface area contributed by atoms with Gasteiger partial charge in [0.1, 0.15) is 18.0 Å². The van der Waals surface area contributed by atoms with Gasteiger partial charge in [-0.25, -0.2) is 19.0 Å². The highest BCUT2D eigenvalue weighted by Crippen LogP contribution is 2.44. The first kappa shape index (κ1) is 12.9. The fourth-order valence-electron chi connectivity index (χ4n) is 3.22. The molecule has 0 spiro atoms. The van der Waals surface area contributed by atoms with Gasteiger partial charge in [0, 0.05) is 33.6 Å². The maximum atomic E-state index is 14.7. The van der Waals surface area contributed by atoms with Crippen LogP contribution in [-0.4, -0.2) is 83.4 Å². The van der Waals surface area contributed by atoms with Crippen molar-refractivity contribution >= 4 is 28.7 Å². The molecule has 0 amide bonds. The number of hydrogen-bond acceptors (Lipinski definition) is 10. The number of nitrogens with zero attached hydrogens (tertiary/aromatic N) is 5. The van der Waals surface area contributed by atoms with Crippen molar-refractivity contribution in [1.29, 1.82) is 0 Å². The van der Waals surface area contributed by atoms with Crippen LogP contribution in [0.4, 0.5) is 10.2 Å². The molecule has 2 aromatic heterocycles. The predicted octanol–water partition coefficient (Wildman–Crippen LogP) is 2.18. The molecule has 1 aromatic carbocycles. The summed E-state index contributed by atoms with van der Waals surface area (Å²) >= 11 is 0.326. The largest absolute Gasteiger partial charge is 0.394 e. The zero-order valence-corrected chi connectivity index (χ0v) is 19.7. The van der Waals surface area contributed by atoms with E-state index < -0.39 is 107 Å². The molecular formula is C24H31FN6O4S.